The molecule has 0 bridgehead atoms. The fraction of sp³-hybridized carbons (Fsp3) is 0.286. The van der Waals surface area contributed by atoms with E-state index in [-0.39, 0.29) is 0 Å². The van der Waals surface area contributed by atoms with Crippen molar-refractivity contribution >= 4 is 5.97 Å². The second kappa shape index (κ2) is 3.21. The van der Waals surface area contributed by atoms with Gasteiger partial charge in [0, 0.05) is 12.4 Å². The molecule has 1 aromatic rings. The molecule has 4 nitrogen and oxygen atoms in total. The standard InChI is InChI=1S/C7H9NO3/c1-6(9)7(10)11-8-4-2-3-5-8/h2-6,9H,1H3. The minimum atomic E-state index is -1.09. The van der Waals surface area contributed by atoms with Crippen LogP contribution in [0.4, 0.5) is 0 Å². The van der Waals surface area contributed by atoms with Gasteiger partial charge < -0.3 is 9.94 Å². The third-order valence-electron chi connectivity index (χ3n) is 1.11. The fourth-order valence-electron chi connectivity index (χ4n) is 0.560. The van der Waals surface area contributed by atoms with Crippen molar-refractivity contribution in [1.29, 1.82) is 0 Å². The number of rotatable bonds is 2. The predicted molar refractivity (Wildman–Crippen MR) is 37.7 cm³/mol. The number of hydrogen-bond donors (Lipinski definition) is 1. The van der Waals surface area contributed by atoms with Crippen molar-refractivity contribution in [3.05, 3.63) is 24.5 Å². The molecule has 0 saturated heterocycles. The largest absolute Gasteiger partial charge is 0.382 e. The molecule has 0 amide bonds. The number of carbonyl (C=O) groups is 1. The SMILES string of the molecule is CC(O)C(=O)On1cccc1. The molecule has 1 aromatic heterocycles. The number of aromatic nitrogens is 1. The number of carbonyl (C=O) groups excluding carboxylic acids is 1. The summed E-state index contributed by atoms with van der Waals surface area (Å²) in [5.74, 6) is -0.666. The third kappa shape index (κ3) is 2.09. The third-order valence-corrected chi connectivity index (χ3v) is 1.11. The smallest absolute Gasteiger partial charge is 0.360 e. The quantitative estimate of drug-likeness (QED) is 0.644. The van der Waals surface area contributed by atoms with Crippen LogP contribution in [0, 0.1) is 0 Å². The molecule has 1 heterocycles. The molecule has 0 spiro atoms. The molecule has 4 heteroatoms. The minimum absolute atomic E-state index is 0.666. The van der Waals surface area contributed by atoms with E-state index in [1.54, 1.807) is 24.5 Å². The molecule has 1 N–H and O–H groups in total. The number of hydrogen-bond acceptors (Lipinski definition) is 3. The Morgan fingerprint density at radius 2 is 2.09 bits per heavy atom. The van der Waals surface area contributed by atoms with Gasteiger partial charge in [0.25, 0.3) is 0 Å². The zero-order valence-electron chi connectivity index (χ0n) is 6.10. The van der Waals surface area contributed by atoms with Gasteiger partial charge in [-0.15, -0.1) is 0 Å². The van der Waals surface area contributed by atoms with Crippen molar-refractivity contribution in [2.24, 2.45) is 0 Å². The van der Waals surface area contributed by atoms with Gasteiger partial charge in [-0.05, 0) is 19.1 Å². The Morgan fingerprint density at radius 1 is 1.55 bits per heavy atom. The molecule has 0 aliphatic heterocycles. The topological polar surface area (TPSA) is 51.5 Å². The van der Waals surface area contributed by atoms with Crippen molar-refractivity contribution in [1.82, 2.24) is 4.73 Å². The van der Waals surface area contributed by atoms with E-state index in [9.17, 15) is 4.79 Å². The van der Waals surface area contributed by atoms with Gasteiger partial charge in [0.05, 0.1) is 0 Å². The predicted octanol–water partition coefficient (Wildman–Crippen LogP) is -0.176. The molecule has 0 aliphatic rings. The van der Waals surface area contributed by atoms with E-state index in [1.807, 2.05) is 0 Å². The number of aliphatic hydroxyl groups is 1. The second-order valence-corrected chi connectivity index (χ2v) is 2.13. The molecule has 0 aromatic carbocycles. The van der Waals surface area contributed by atoms with Crippen LogP contribution in [0.25, 0.3) is 0 Å². The van der Waals surface area contributed by atoms with Crippen LogP contribution >= 0.6 is 0 Å². The average Bonchev–Trinajstić information content (AvgIpc) is 2.39. The van der Waals surface area contributed by atoms with E-state index in [1.165, 1.54) is 11.7 Å². The lowest BCUT2D eigenvalue weighted by atomic mass is 10.4. The molecule has 0 aliphatic carbocycles. The first-order valence-electron chi connectivity index (χ1n) is 3.23. The Labute approximate surface area is 64.0 Å². The van der Waals surface area contributed by atoms with Crippen LogP contribution in [0.1, 0.15) is 6.92 Å². The lowest BCUT2D eigenvalue weighted by Gasteiger charge is -2.04. The zero-order valence-corrected chi connectivity index (χ0v) is 6.10. The summed E-state index contributed by atoms with van der Waals surface area (Å²) in [6.07, 6.45) is 2.05. The Bertz CT molecular complexity index is 228. The summed E-state index contributed by atoms with van der Waals surface area (Å²) < 4.78 is 1.23. The maximum absolute atomic E-state index is 10.7. The van der Waals surface area contributed by atoms with Gasteiger partial charge in [0.2, 0.25) is 0 Å². The maximum atomic E-state index is 10.7. The normalized spacial score (nSPS) is 12.5. The van der Waals surface area contributed by atoms with Crippen molar-refractivity contribution < 1.29 is 14.7 Å². The first kappa shape index (κ1) is 7.81. The summed E-state index contributed by atoms with van der Waals surface area (Å²) in [5, 5.41) is 8.73. The van der Waals surface area contributed by atoms with Crippen LogP contribution in [0.3, 0.4) is 0 Å². The highest BCUT2D eigenvalue weighted by Gasteiger charge is 2.10. The Kier molecular flexibility index (Phi) is 2.28. The highest BCUT2D eigenvalue weighted by Crippen LogP contribution is 1.88. The van der Waals surface area contributed by atoms with Crippen LogP contribution in [-0.2, 0) is 4.79 Å². The summed E-state index contributed by atoms with van der Waals surface area (Å²) in [6.45, 7) is 1.35. The van der Waals surface area contributed by atoms with Gasteiger partial charge in [0.1, 0.15) is 0 Å². The summed E-state index contributed by atoms with van der Waals surface area (Å²) in [4.78, 5) is 15.4. The van der Waals surface area contributed by atoms with Crippen LogP contribution in [-0.4, -0.2) is 21.9 Å². The van der Waals surface area contributed by atoms with Gasteiger partial charge in [-0.1, -0.05) is 0 Å². The Hall–Kier alpha value is -1.29. The lowest BCUT2D eigenvalue weighted by molar-refractivity contribution is -0.152. The highest BCUT2D eigenvalue weighted by atomic mass is 16.7. The van der Waals surface area contributed by atoms with E-state index in [0.29, 0.717) is 0 Å². The van der Waals surface area contributed by atoms with Crippen LogP contribution in [0.2, 0.25) is 0 Å². The average molecular weight is 155 g/mol. The summed E-state index contributed by atoms with van der Waals surface area (Å²) >= 11 is 0. The molecule has 1 unspecified atom stereocenters. The van der Waals surface area contributed by atoms with Gasteiger partial charge in [-0.25, -0.2) is 4.79 Å². The molecular formula is C7H9NO3. The molecule has 1 atom stereocenters. The van der Waals surface area contributed by atoms with E-state index < -0.39 is 12.1 Å². The van der Waals surface area contributed by atoms with Crippen molar-refractivity contribution in [2.45, 2.75) is 13.0 Å². The van der Waals surface area contributed by atoms with E-state index in [4.69, 9.17) is 5.11 Å². The minimum Gasteiger partial charge on any atom is -0.382 e. The molecule has 11 heavy (non-hydrogen) atoms. The fourth-order valence-corrected chi connectivity index (χ4v) is 0.560. The van der Waals surface area contributed by atoms with Gasteiger partial charge in [0.15, 0.2) is 6.10 Å². The maximum Gasteiger partial charge on any atom is 0.360 e. The van der Waals surface area contributed by atoms with Crippen LogP contribution in [0.5, 0.6) is 0 Å². The molecule has 0 fully saturated rings. The van der Waals surface area contributed by atoms with Gasteiger partial charge in [-0.3, -0.25) is 0 Å². The van der Waals surface area contributed by atoms with Crippen molar-refractivity contribution in [3.63, 3.8) is 0 Å². The van der Waals surface area contributed by atoms with Crippen molar-refractivity contribution in [2.75, 3.05) is 0 Å². The lowest BCUT2D eigenvalue weighted by Crippen LogP contribution is -2.27. The molecule has 1 rings (SSSR count). The summed E-state index contributed by atoms with van der Waals surface area (Å²) in [6, 6.07) is 3.44. The first-order valence-corrected chi connectivity index (χ1v) is 3.23. The highest BCUT2D eigenvalue weighted by molar-refractivity contribution is 5.74. The van der Waals surface area contributed by atoms with Crippen molar-refractivity contribution in [3.8, 4) is 0 Å². The molecular weight excluding hydrogens is 146 g/mol. The summed E-state index contributed by atoms with van der Waals surface area (Å²) in [7, 11) is 0. The van der Waals surface area contributed by atoms with Gasteiger partial charge >= 0.3 is 5.97 Å². The van der Waals surface area contributed by atoms with E-state index >= 15 is 0 Å². The number of aliphatic hydroxyl groups excluding tert-OH is 1. The summed E-state index contributed by atoms with van der Waals surface area (Å²) in [5.41, 5.74) is 0. The monoisotopic (exact) mass is 155 g/mol. The Balaban J connectivity index is 2.50. The first-order chi connectivity index (χ1) is 5.20. The van der Waals surface area contributed by atoms with E-state index in [2.05, 4.69) is 4.84 Å². The molecule has 0 radical (unpaired) electrons. The zero-order chi connectivity index (χ0) is 8.27. The van der Waals surface area contributed by atoms with Crippen LogP contribution < -0.4 is 4.84 Å². The Morgan fingerprint density at radius 3 is 2.55 bits per heavy atom. The second-order valence-electron chi connectivity index (χ2n) is 2.13. The van der Waals surface area contributed by atoms with Gasteiger partial charge in [-0.2, -0.15) is 4.73 Å². The number of nitrogens with zero attached hydrogens (tertiary/aromatic N) is 1. The van der Waals surface area contributed by atoms with Crippen LogP contribution in [0.15, 0.2) is 24.5 Å². The molecule has 60 valence electrons. The molecule has 0 saturated carbocycles. The van der Waals surface area contributed by atoms with E-state index in [0.717, 1.165) is 0 Å².